The van der Waals surface area contributed by atoms with Crippen molar-refractivity contribution in [3.63, 3.8) is 0 Å². The van der Waals surface area contributed by atoms with Gasteiger partial charge in [0.15, 0.2) is 11.6 Å². The molecular weight excluding hydrogens is 408 g/mol. The van der Waals surface area contributed by atoms with Crippen LogP contribution in [0.4, 0.5) is 0 Å². The van der Waals surface area contributed by atoms with Gasteiger partial charge >= 0.3 is 0 Å². The minimum absolute atomic E-state index is 0.107. The second-order valence-electron chi connectivity index (χ2n) is 10.7. The van der Waals surface area contributed by atoms with E-state index in [2.05, 4.69) is 41.5 Å². The van der Waals surface area contributed by atoms with Gasteiger partial charge in [0.2, 0.25) is 0 Å². The second-order valence-corrected chi connectivity index (χ2v) is 10.7. The van der Waals surface area contributed by atoms with E-state index in [9.17, 15) is 4.79 Å². The van der Waals surface area contributed by atoms with E-state index >= 15 is 0 Å². The average Bonchev–Trinajstić information content (AvgIpc) is 3.13. The van der Waals surface area contributed by atoms with E-state index in [1.54, 1.807) is 0 Å². The molecule has 0 radical (unpaired) electrons. The lowest BCUT2D eigenvalue weighted by Crippen LogP contribution is -2.28. The van der Waals surface area contributed by atoms with E-state index in [0.717, 1.165) is 50.8 Å². The normalized spacial score (nSPS) is 17.7. The van der Waals surface area contributed by atoms with Crippen molar-refractivity contribution in [1.29, 1.82) is 0 Å². The third-order valence-corrected chi connectivity index (χ3v) is 6.13. The van der Waals surface area contributed by atoms with Crippen LogP contribution in [0.25, 0.3) is 0 Å². The molecule has 0 saturated carbocycles. The molecule has 2 aromatic rings. The van der Waals surface area contributed by atoms with Crippen LogP contribution in [-0.4, -0.2) is 17.2 Å². The van der Waals surface area contributed by atoms with E-state index < -0.39 is 0 Å². The van der Waals surface area contributed by atoms with Gasteiger partial charge in [0.25, 0.3) is 0 Å². The maximum atomic E-state index is 13.4. The molecule has 2 aromatic carbocycles. The van der Waals surface area contributed by atoms with Crippen molar-refractivity contribution in [2.45, 2.75) is 41.5 Å². The monoisotopic (exact) mass is 436 g/mol. The highest BCUT2D eigenvalue weighted by Crippen LogP contribution is 2.42. The molecule has 1 aliphatic carbocycles. The van der Waals surface area contributed by atoms with Gasteiger partial charge < -0.3 is 4.74 Å². The Kier molecular flexibility index (Phi) is 4.68. The smallest absolute Gasteiger partial charge is 0.186 e. The van der Waals surface area contributed by atoms with Gasteiger partial charge in [-0.15, -0.1) is 0 Å². The first-order valence-corrected chi connectivity index (χ1v) is 11.3. The van der Waals surface area contributed by atoms with Crippen molar-refractivity contribution in [3.05, 3.63) is 94.4 Å². The number of carbonyl (C=O) groups is 1. The van der Waals surface area contributed by atoms with Crippen LogP contribution in [0.2, 0.25) is 0 Å². The zero-order valence-corrected chi connectivity index (χ0v) is 20.0. The molecule has 2 heterocycles. The Morgan fingerprint density at radius 1 is 0.667 bits per heavy atom. The number of aliphatic imine (C=N–C) groups is 2. The summed E-state index contributed by atoms with van der Waals surface area (Å²) in [7, 11) is 0. The Morgan fingerprint density at radius 3 is 1.52 bits per heavy atom. The van der Waals surface area contributed by atoms with Crippen molar-refractivity contribution in [1.82, 2.24) is 0 Å². The molecule has 0 N–H and O–H groups in total. The van der Waals surface area contributed by atoms with Crippen LogP contribution in [0.3, 0.4) is 0 Å². The average molecular weight is 437 g/mol. The van der Waals surface area contributed by atoms with Gasteiger partial charge in [-0.2, -0.15) is 0 Å². The fourth-order valence-electron chi connectivity index (χ4n) is 4.34. The van der Waals surface area contributed by atoms with E-state index in [1.807, 2.05) is 60.7 Å². The minimum Gasteiger partial charge on any atom is -0.456 e. The maximum Gasteiger partial charge on any atom is 0.186 e. The molecule has 0 fully saturated rings. The van der Waals surface area contributed by atoms with E-state index in [4.69, 9.17) is 14.7 Å². The molecule has 0 aromatic heterocycles. The standard InChI is InChI=1S/C29H28N2O2/c1-28(2,3)20-15-17(16-21(26(20)32)29(4,5)6)27-30-24-18-11-7-9-13-22(18)33-23-14-10-8-12-19(23)25(24)31-27/h7-16H,1-6H3. The Labute approximate surface area is 195 Å². The summed E-state index contributed by atoms with van der Waals surface area (Å²) in [5, 5.41) is 0. The number of allylic oxidation sites excluding steroid dienone is 5. The second kappa shape index (κ2) is 7.24. The molecule has 0 bridgehead atoms. The summed E-state index contributed by atoms with van der Waals surface area (Å²) in [5.74, 6) is 2.25. The first-order chi connectivity index (χ1) is 15.5. The van der Waals surface area contributed by atoms with E-state index in [1.165, 1.54) is 0 Å². The summed E-state index contributed by atoms with van der Waals surface area (Å²) in [6, 6.07) is 15.8. The maximum absolute atomic E-state index is 13.4. The van der Waals surface area contributed by atoms with Gasteiger partial charge in [-0.1, -0.05) is 65.8 Å². The Hall–Kier alpha value is -3.53. The number of para-hydroxylation sites is 2. The molecule has 0 spiro atoms. The van der Waals surface area contributed by atoms with Gasteiger partial charge in [0.05, 0.1) is 0 Å². The molecule has 33 heavy (non-hydrogen) atoms. The Morgan fingerprint density at radius 2 is 1.09 bits per heavy atom. The van der Waals surface area contributed by atoms with E-state index in [0.29, 0.717) is 5.82 Å². The van der Waals surface area contributed by atoms with Crippen LogP contribution in [-0.2, 0) is 4.79 Å². The Bertz CT molecular complexity index is 1250. The third kappa shape index (κ3) is 3.60. The molecule has 0 atom stereocenters. The molecule has 2 aliphatic heterocycles. The summed E-state index contributed by atoms with van der Waals surface area (Å²) in [6.07, 6.45) is 3.95. The zero-order valence-electron chi connectivity index (χ0n) is 20.0. The van der Waals surface area contributed by atoms with Gasteiger partial charge in [-0.05, 0) is 47.2 Å². The topological polar surface area (TPSA) is 51.0 Å². The number of nitrogens with zero attached hydrogens (tertiary/aromatic N) is 2. The van der Waals surface area contributed by atoms with Crippen LogP contribution >= 0.6 is 0 Å². The largest absolute Gasteiger partial charge is 0.456 e. The molecule has 0 saturated heterocycles. The lowest BCUT2D eigenvalue weighted by atomic mass is 9.72. The highest BCUT2D eigenvalue weighted by molar-refractivity contribution is 6.56. The molecule has 3 aliphatic rings. The number of fused-ring (bicyclic) bond motifs is 5. The molecule has 0 unspecified atom stereocenters. The first kappa shape index (κ1) is 21.3. The quantitative estimate of drug-likeness (QED) is 0.455. The minimum atomic E-state index is -0.288. The van der Waals surface area contributed by atoms with Crippen molar-refractivity contribution >= 4 is 17.2 Å². The highest BCUT2D eigenvalue weighted by Gasteiger charge is 2.36. The van der Waals surface area contributed by atoms with Crippen LogP contribution in [0.1, 0.15) is 52.7 Å². The summed E-state index contributed by atoms with van der Waals surface area (Å²) >= 11 is 0. The number of ketones is 1. The van der Waals surface area contributed by atoms with Crippen molar-refractivity contribution in [2.75, 3.05) is 0 Å². The van der Waals surface area contributed by atoms with Crippen molar-refractivity contribution in [2.24, 2.45) is 20.8 Å². The van der Waals surface area contributed by atoms with Crippen LogP contribution in [0, 0.1) is 10.8 Å². The number of Topliss-reactive ketones (excluding diaryl/α,β-unsaturated/α-hetero) is 1. The van der Waals surface area contributed by atoms with Gasteiger partial charge in [0, 0.05) is 27.8 Å². The van der Waals surface area contributed by atoms with Gasteiger partial charge in [-0.3, -0.25) is 4.79 Å². The predicted molar refractivity (Wildman–Crippen MR) is 133 cm³/mol. The third-order valence-electron chi connectivity index (χ3n) is 6.13. The molecule has 4 nitrogen and oxygen atoms in total. The number of hydrogen-bond donors (Lipinski definition) is 0. The van der Waals surface area contributed by atoms with Crippen LogP contribution in [0.5, 0.6) is 11.5 Å². The van der Waals surface area contributed by atoms with Crippen molar-refractivity contribution in [3.8, 4) is 11.5 Å². The zero-order chi connectivity index (χ0) is 23.5. The van der Waals surface area contributed by atoms with Crippen LogP contribution < -0.4 is 4.74 Å². The SMILES string of the molecule is CC(C)(C)C1=CC(=C2N=C3C(=N2)c2ccccc2Oc2ccccc23)C=C(C(C)(C)C)C1=O. The number of rotatable bonds is 0. The van der Waals surface area contributed by atoms with E-state index in [-0.39, 0.29) is 16.6 Å². The van der Waals surface area contributed by atoms with Crippen LogP contribution in [0.15, 0.2) is 93.2 Å². The fourth-order valence-corrected chi connectivity index (χ4v) is 4.34. The number of hydrogen-bond acceptors (Lipinski definition) is 4. The van der Waals surface area contributed by atoms with Gasteiger partial charge in [-0.25, -0.2) is 9.98 Å². The molecule has 166 valence electrons. The summed E-state index contributed by atoms with van der Waals surface area (Å²) < 4.78 is 6.21. The molecule has 5 rings (SSSR count). The number of carbonyl (C=O) groups excluding carboxylic acids is 1. The predicted octanol–water partition coefficient (Wildman–Crippen LogP) is 6.82. The molecular formula is C29H28N2O2. The lowest BCUT2D eigenvalue weighted by molar-refractivity contribution is -0.114. The molecule has 4 heteroatoms. The number of ether oxygens (including phenoxy) is 1. The highest BCUT2D eigenvalue weighted by atomic mass is 16.5. The lowest BCUT2D eigenvalue weighted by Gasteiger charge is -2.31. The summed E-state index contributed by atoms with van der Waals surface area (Å²) in [4.78, 5) is 23.4. The van der Waals surface area contributed by atoms with Crippen molar-refractivity contribution < 1.29 is 9.53 Å². The fraction of sp³-hybridized carbons (Fsp3) is 0.276. The first-order valence-electron chi connectivity index (χ1n) is 11.3. The summed E-state index contributed by atoms with van der Waals surface area (Å²) in [6.45, 7) is 12.4. The van der Waals surface area contributed by atoms with Gasteiger partial charge in [0.1, 0.15) is 22.9 Å². The Balaban J connectivity index is 1.79. The molecule has 0 amide bonds. The number of benzene rings is 2. The summed E-state index contributed by atoms with van der Waals surface area (Å²) in [5.41, 5.74) is 5.28.